The van der Waals surface area contributed by atoms with Crippen molar-refractivity contribution in [3.8, 4) is 0 Å². The molecular weight excluding hydrogens is 162 g/mol. The second kappa shape index (κ2) is 8.11. The molecule has 78 valence electrons. The van der Waals surface area contributed by atoms with Crippen LogP contribution in [0.25, 0.3) is 0 Å². The van der Waals surface area contributed by atoms with Gasteiger partial charge in [-0.2, -0.15) is 0 Å². The van der Waals surface area contributed by atoms with Gasteiger partial charge in [0.15, 0.2) is 0 Å². The van der Waals surface area contributed by atoms with E-state index in [1.54, 1.807) is 7.11 Å². The van der Waals surface area contributed by atoms with Gasteiger partial charge in [0.1, 0.15) is 0 Å². The fourth-order valence-electron chi connectivity index (χ4n) is 1.54. The van der Waals surface area contributed by atoms with Crippen molar-refractivity contribution in [1.29, 1.82) is 0 Å². The molecule has 0 aromatic rings. The summed E-state index contributed by atoms with van der Waals surface area (Å²) >= 11 is 0. The molecule has 0 aliphatic rings. The third kappa shape index (κ3) is 6.64. The van der Waals surface area contributed by atoms with E-state index in [2.05, 4.69) is 13.5 Å². The third-order valence-electron chi connectivity index (χ3n) is 2.39. The van der Waals surface area contributed by atoms with Crippen molar-refractivity contribution in [3.05, 3.63) is 12.3 Å². The van der Waals surface area contributed by atoms with Gasteiger partial charge in [-0.15, -0.1) is 0 Å². The first-order chi connectivity index (χ1) is 6.24. The number of hydrogen-bond donors (Lipinski definition) is 1. The maximum absolute atomic E-state index is 5.54. The first-order valence-electron chi connectivity index (χ1n) is 5.16. The number of methoxy groups -OCH3 is 1. The minimum atomic E-state index is 0.752. The van der Waals surface area contributed by atoms with Crippen molar-refractivity contribution in [1.82, 2.24) is 0 Å². The summed E-state index contributed by atoms with van der Waals surface area (Å²) in [7, 11) is 1.68. The van der Waals surface area contributed by atoms with Gasteiger partial charge in [-0.3, -0.25) is 0 Å². The van der Waals surface area contributed by atoms with E-state index in [9.17, 15) is 0 Å². The summed E-state index contributed by atoms with van der Waals surface area (Å²) in [5.41, 5.74) is 5.54. The lowest BCUT2D eigenvalue weighted by Gasteiger charge is -2.15. The molecule has 0 spiro atoms. The normalized spacial score (nSPS) is 12.5. The van der Waals surface area contributed by atoms with Crippen LogP contribution in [0.15, 0.2) is 12.3 Å². The van der Waals surface area contributed by atoms with Crippen LogP contribution in [-0.4, -0.2) is 13.7 Å². The maximum atomic E-state index is 5.54. The molecule has 0 aromatic heterocycles. The molecule has 0 bridgehead atoms. The Morgan fingerprint density at radius 2 is 2.08 bits per heavy atom. The van der Waals surface area contributed by atoms with Gasteiger partial charge in [0.25, 0.3) is 0 Å². The molecule has 0 heterocycles. The van der Waals surface area contributed by atoms with Gasteiger partial charge < -0.3 is 10.5 Å². The smallest absolute Gasteiger partial charge is 0.0884 e. The first kappa shape index (κ1) is 12.5. The summed E-state index contributed by atoms with van der Waals surface area (Å²) in [4.78, 5) is 0. The van der Waals surface area contributed by atoms with Crippen LogP contribution < -0.4 is 5.73 Å². The Labute approximate surface area is 82.2 Å². The molecule has 2 nitrogen and oxygen atoms in total. The number of ether oxygens (including phenoxy) is 1. The molecular formula is C11H23NO. The highest BCUT2D eigenvalue weighted by molar-refractivity contribution is 4.82. The summed E-state index contributed by atoms with van der Waals surface area (Å²) in [5, 5.41) is 0. The number of allylic oxidation sites excluding steroid dienone is 1. The number of hydrogen-bond acceptors (Lipinski definition) is 2. The maximum Gasteiger partial charge on any atom is 0.0884 e. The van der Waals surface area contributed by atoms with Gasteiger partial charge in [-0.25, -0.2) is 0 Å². The van der Waals surface area contributed by atoms with Crippen LogP contribution >= 0.6 is 0 Å². The lowest BCUT2D eigenvalue weighted by Crippen LogP contribution is -2.09. The highest BCUT2D eigenvalue weighted by Crippen LogP contribution is 2.19. The number of nitrogens with two attached hydrogens (primary N) is 1. The largest absolute Gasteiger partial charge is 0.502 e. The van der Waals surface area contributed by atoms with Crippen molar-refractivity contribution >= 4 is 0 Å². The van der Waals surface area contributed by atoms with Crippen molar-refractivity contribution in [3.63, 3.8) is 0 Å². The summed E-state index contributed by atoms with van der Waals surface area (Å²) in [6.45, 7) is 6.82. The minimum absolute atomic E-state index is 0.752. The van der Waals surface area contributed by atoms with E-state index < -0.39 is 0 Å². The third-order valence-corrected chi connectivity index (χ3v) is 2.39. The molecule has 0 rings (SSSR count). The summed E-state index contributed by atoms with van der Waals surface area (Å²) in [6, 6.07) is 0. The van der Waals surface area contributed by atoms with Crippen molar-refractivity contribution < 1.29 is 4.74 Å². The zero-order chi connectivity index (χ0) is 10.1. The fraction of sp³-hybridized carbons (Fsp3) is 0.818. The molecule has 0 fully saturated rings. The zero-order valence-corrected chi connectivity index (χ0v) is 9.01. The Bertz CT molecular complexity index is 128. The average Bonchev–Trinajstić information content (AvgIpc) is 2.14. The molecule has 1 atom stereocenters. The summed E-state index contributed by atoms with van der Waals surface area (Å²) < 4.78 is 5.03. The molecule has 0 saturated carbocycles. The Morgan fingerprint density at radius 1 is 1.38 bits per heavy atom. The van der Waals surface area contributed by atoms with Crippen molar-refractivity contribution in [2.24, 2.45) is 11.7 Å². The predicted octanol–water partition coefficient (Wildman–Crippen LogP) is 2.69. The first-order valence-corrected chi connectivity index (χ1v) is 5.16. The van der Waals surface area contributed by atoms with Crippen LogP contribution in [0.4, 0.5) is 0 Å². The molecule has 2 N–H and O–H groups in total. The van der Waals surface area contributed by atoms with E-state index in [1.165, 1.54) is 12.8 Å². The molecule has 0 aliphatic carbocycles. The molecule has 0 radical (unpaired) electrons. The monoisotopic (exact) mass is 185 g/mol. The molecule has 2 heteroatoms. The van der Waals surface area contributed by atoms with Crippen molar-refractivity contribution in [2.45, 2.75) is 39.0 Å². The second-order valence-corrected chi connectivity index (χ2v) is 3.51. The summed E-state index contributed by atoms with van der Waals surface area (Å²) in [6.07, 6.45) is 5.78. The molecule has 0 unspecified atom stereocenters. The molecule has 13 heavy (non-hydrogen) atoms. The fourth-order valence-corrected chi connectivity index (χ4v) is 1.54. The van der Waals surface area contributed by atoms with E-state index in [0.717, 1.165) is 37.5 Å². The van der Waals surface area contributed by atoms with E-state index in [0.29, 0.717) is 0 Å². The predicted molar refractivity (Wildman–Crippen MR) is 57.5 cm³/mol. The Kier molecular flexibility index (Phi) is 7.80. The highest BCUT2D eigenvalue weighted by Gasteiger charge is 2.07. The van der Waals surface area contributed by atoms with Crippen LogP contribution in [0.1, 0.15) is 39.0 Å². The van der Waals surface area contributed by atoms with Crippen LogP contribution in [0.5, 0.6) is 0 Å². The lowest BCUT2D eigenvalue weighted by molar-refractivity contribution is 0.266. The van der Waals surface area contributed by atoms with Gasteiger partial charge in [-0.1, -0.05) is 26.3 Å². The van der Waals surface area contributed by atoms with Crippen LogP contribution in [0.2, 0.25) is 0 Å². The van der Waals surface area contributed by atoms with E-state index in [-0.39, 0.29) is 0 Å². The van der Waals surface area contributed by atoms with Crippen LogP contribution in [0.3, 0.4) is 0 Å². The van der Waals surface area contributed by atoms with E-state index in [4.69, 9.17) is 10.5 Å². The molecule has 0 aromatic carbocycles. The minimum Gasteiger partial charge on any atom is -0.502 e. The molecule has 0 aliphatic heterocycles. The summed E-state index contributed by atoms with van der Waals surface area (Å²) in [5.74, 6) is 1.64. The Balaban J connectivity index is 3.61. The standard InChI is InChI=1S/C11H23NO/c1-4-5-11(8-9-12)7-6-10(2)13-3/h11H,2,4-9,12H2,1,3H3/t11-/m0/s1. The van der Waals surface area contributed by atoms with Crippen LogP contribution in [-0.2, 0) is 4.74 Å². The second-order valence-electron chi connectivity index (χ2n) is 3.51. The van der Waals surface area contributed by atoms with E-state index in [1.807, 2.05) is 0 Å². The SMILES string of the molecule is C=C(CC[C@H](CCC)CCN)OC. The number of rotatable bonds is 8. The zero-order valence-electron chi connectivity index (χ0n) is 9.01. The van der Waals surface area contributed by atoms with Gasteiger partial charge in [-0.05, 0) is 25.3 Å². The average molecular weight is 185 g/mol. The highest BCUT2D eigenvalue weighted by atomic mass is 16.5. The quantitative estimate of drug-likeness (QED) is 0.590. The van der Waals surface area contributed by atoms with E-state index >= 15 is 0 Å². The Hall–Kier alpha value is -0.500. The lowest BCUT2D eigenvalue weighted by atomic mass is 9.94. The van der Waals surface area contributed by atoms with Gasteiger partial charge >= 0.3 is 0 Å². The van der Waals surface area contributed by atoms with Crippen molar-refractivity contribution in [2.75, 3.05) is 13.7 Å². The molecule has 0 saturated heterocycles. The van der Waals surface area contributed by atoms with Gasteiger partial charge in [0.2, 0.25) is 0 Å². The topological polar surface area (TPSA) is 35.2 Å². The van der Waals surface area contributed by atoms with Crippen LogP contribution in [0, 0.1) is 5.92 Å². The van der Waals surface area contributed by atoms with Gasteiger partial charge in [0.05, 0.1) is 12.9 Å². The Morgan fingerprint density at radius 3 is 2.54 bits per heavy atom. The molecule has 0 amide bonds. The van der Waals surface area contributed by atoms with Gasteiger partial charge in [0, 0.05) is 6.42 Å².